The summed E-state index contributed by atoms with van der Waals surface area (Å²) in [6, 6.07) is 8.06. The second kappa shape index (κ2) is 6.00. The van der Waals surface area contributed by atoms with E-state index in [1.807, 2.05) is 0 Å². The second-order valence-corrected chi connectivity index (χ2v) is 5.05. The van der Waals surface area contributed by atoms with Gasteiger partial charge in [0.1, 0.15) is 11.6 Å². The largest absolute Gasteiger partial charge is 0.398 e. The van der Waals surface area contributed by atoms with E-state index in [1.54, 1.807) is 18.2 Å². The molecular formula is C14H11BrF2N2O. The van der Waals surface area contributed by atoms with Gasteiger partial charge in [0.2, 0.25) is 5.91 Å². The van der Waals surface area contributed by atoms with Crippen LogP contribution in [0.1, 0.15) is 5.56 Å². The molecule has 2 aromatic carbocycles. The topological polar surface area (TPSA) is 55.1 Å². The van der Waals surface area contributed by atoms with Gasteiger partial charge in [0, 0.05) is 21.9 Å². The van der Waals surface area contributed by atoms with Crippen molar-refractivity contribution in [2.45, 2.75) is 6.42 Å². The standard InChI is InChI=1S/C14H11BrF2N2O/c15-11-4-3-10(7-13(11)18)19-14(20)5-8-1-2-9(16)6-12(8)17/h1-4,6-7H,5,18H2,(H,19,20). The Bertz CT molecular complexity index is 662. The molecule has 104 valence electrons. The summed E-state index contributed by atoms with van der Waals surface area (Å²) in [4.78, 5) is 11.8. The van der Waals surface area contributed by atoms with Gasteiger partial charge in [0.05, 0.1) is 6.42 Å². The predicted octanol–water partition coefficient (Wildman–Crippen LogP) is 3.49. The maximum absolute atomic E-state index is 13.4. The van der Waals surface area contributed by atoms with Crippen molar-refractivity contribution in [1.82, 2.24) is 0 Å². The number of benzene rings is 2. The highest BCUT2D eigenvalue weighted by Gasteiger charge is 2.10. The average Bonchev–Trinajstić information content (AvgIpc) is 2.37. The molecule has 0 aliphatic carbocycles. The zero-order valence-corrected chi connectivity index (χ0v) is 11.9. The van der Waals surface area contributed by atoms with E-state index >= 15 is 0 Å². The zero-order valence-electron chi connectivity index (χ0n) is 10.3. The summed E-state index contributed by atoms with van der Waals surface area (Å²) in [7, 11) is 0. The zero-order chi connectivity index (χ0) is 14.7. The monoisotopic (exact) mass is 340 g/mol. The van der Waals surface area contributed by atoms with Crippen LogP contribution >= 0.6 is 15.9 Å². The Morgan fingerprint density at radius 2 is 1.95 bits per heavy atom. The van der Waals surface area contributed by atoms with Crippen LogP contribution in [0.15, 0.2) is 40.9 Å². The van der Waals surface area contributed by atoms with Crippen molar-refractivity contribution in [3.63, 3.8) is 0 Å². The van der Waals surface area contributed by atoms with Gasteiger partial charge >= 0.3 is 0 Å². The van der Waals surface area contributed by atoms with Crippen molar-refractivity contribution in [1.29, 1.82) is 0 Å². The van der Waals surface area contributed by atoms with Crippen molar-refractivity contribution in [3.05, 3.63) is 58.1 Å². The van der Waals surface area contributed by atoms with Gasteiger partial charge < -0.3 is 11.1 Å². The van der Waals surface area contributed by atoms with Gasteiger partial charge in [-0.1, -0.05) is 6.07 Å². The van der Waals surface area contributed by atoms with E-state index in [-0.39, 0.29) is 12.0 Å². The van der Waals surface area contributed by atoms with Gasteiger partial charge in [-0.15, -0.1) is 0 Å². The fraction of sp³-hybridized carbons (Fsp3) is 0.0714. The van der Waals surface area contributed by atoms with Crippen LogP contribution in [0.2, 0.25) is 0 Å². The summed E-state index contributed by atoms with van der Waals surface area (Å²) in [5, 5.41) is 2.60. The van der Waals surface area contributed by atoms with Crippen LogP contribution in [0.3, 0.4) is 0 Å². The van der Waals surface area contributed by atoms with Gasteiger partial charge in [0.15, 0.2) is 0 Å². The van der Waals surface area contributed by atoms with Crippen molar-refractivity contribution >= 4 is 33.2 Å². The van der Waals surface area contributed by atoms with Crippen LogP contribution in [0, 0.1) is 11.6 Å². The number of hydrogen-bond acceptors (Lipinski definition) is 2. The summed E-state index contributed by atoms with van der Waals surface area (Å²) < 4.78 is 26.9. The lowest BCUT2D eigenvalue weighted by molar-refractivity contribution is -0.115. The third kappa shape index (κ3) is 3.54. The third-order valence-corrected chi connectivity index (χ3v) is 3.37. The van der Waals surface area contributed by atoms with Gasteiger partial charge in [-0.3, -0.25) is 4.79 Å². The highest BCUT2D eigenvalue weighted by atomic mass is 79.9. The minimum Gasteiger partial charge on any atom is -0.398 e. The summed E-state index contributed by atoms with van der Waals surface area (Å²) in [6.07, 6.45) is -0.178. The van der Waals surface area contributed by atoms with Crippen molar-refractivity contribution in [3.8, 4) is 0 Å². The Balaban J connectivity index is 2.07. The number of amides is 1. The third-order valence-electron chi connectivity index (χ3n) is 2.65. The highest BCUT2D eigenvalue weighted by Crippen LogP contribution is 2.23. The predicted molar refractivity (Wildman–Crippen MR) is 77.2 cm³/mol. The Morgan fingerprint density at radius 1 is 1.20 bits per heavy atom. The fourth-order valence-electron chi connectivity index (χ4n) is 1.66. The SMILES string of the molecule is Nc1cc(NC(=O)Cc2ccc(F)cc2F)ccc1Br. The van der Waals surface area contributed by atoms with Crippen molar-refractivity contribution in [2.75, 3.05) is 11.1 Å². The van der Waals surface area contributed by atoms with E-state index in [4.69, 9.17) is 5.73 Å². The molecule has 0 aromatic heterocycles. The minimum absolute atomic E-state index is 0.133. The molecule has 0 saturated carbocycles. The smallest absolute Gasteiger partial charge is 0.228 e. The lowest BCUT2D eigenvalue weighted by Gasteiger charge is -2.07. The van der Waals surface area contributed by atoms with Crippen LogP contribution in [-0.2, 0) is 11.2 Å². The molecule has 3 N–H and O–H groups in total. The van der Waals surface area contributed by atoms with E-state index in [0.717, 1.165) is 16.6 Å². The molecule has 20 heavy (non-hydrogen) atoms. The number of nitrogen functional groups attached to an aromatic ring is 1. The molecule has 0 radical (unpaired) electrons. The molecule has 0 heterocycles. The summed E-state index contributed by atoms with van der Waals surface area (Å²) in [6.45, 7) is 0. The van der Waals surface area contributed by atoms with Crippen LogP contribution in [0.5, 0.6) is 0 Å². The quantitative estimate of drug-likeness (QED) is 0.840. The molecule has 1 amide bonds. The summed E-state index contributed by atoms with van der Waals surface area (Å²) >= 11 is 3.24. The average molecular weight is 341 g/mol. The Kier molecular flexibility index (Phi) is 4.34. The molecule has 2 rings (SSSR count). The molecule has 6 heteroatoms. The highest BCUT2D eigenvalue weighted by molar-refractivity contribution is 9.10. The Morgan fingerprint density at radius 3 is 2.60 bits per heavy atom. The van der Waals surface area contributed by atoms with Gasteiger partial charge in [0.25, 0.3) is 0 Å². The Hall–Kier alpha value is -1.95. The number of nitrogens with two attached hydrogens (primary N) is 1. The van der Waals surface area contributed by atoms with E-state index in [2.05, 4.69) is 21.2 Å². The number of anilines is 2. The maximum Gasteiger partial charge on any atom is 0.228 e. The summed E-state index contributed by atoms with van der Waals surface area (Å²) in [5.41, 5.74) is 6.82. The first kappa shape index (κ1) is 14.5. The molecule has 0 saturated heterocycles. The van der Waals surface area contributed by atoms with E-state index in [9.17, 15) is 13.6 Å². The molecular weight excluding hydrogens is 330 g/mol. The second-order valence-electron chi connectivity index (χ2n) is 4.20. The molecule has 0 aliphatic rings. The lowest BCUT2D eigenvalue weighted by Crippen LogP contribution is -2.15. The molecule has 0 spiro atoms. The molecule has 0 atom stereocenters. The maximum atomic E-state index is 13.4. The first-order valence-corrected chi connectivity index (χ1v) is 6.54. The van der Waals surface area contributed by atoms with Crippen molar-refractivity contribution < 1.29 is 13.6 Å². The number of nitrogens with one attached hydrogen (secondary N) is 1. The fourth-order valence-corrected chi connectivity index (χ4v) is 1.91. The van der Waals surface area contributed by atoms with Crippen LogP contribution in [0.25, 0.3) is 0 Å². The van der Waals surface area contributed by atoms with E-state index in [0.29, 0.717) is 11.4 Å². The van der Waals surface area contributed by atoms with Gasteiger partial charge in [-0.2, -0.15) is 0 Å². The molecule has 2 aromatic rings. The normalized spacial score (nSPS) is 10.3. The molecule has 0 bridgehead atoms. The Labute approximate surface area is 122 Å². The molecule has 0 aliphatic heterocycles. The molecule has 0 fully saturated rings. The van der Waals surface area contributed by atoms with Gasteiger partial charge in [-0.25, -0.2) is 8.78 Å². The molecule has 3 nitrogen and oxygen atoms in total. The number of carbonyl (C=O) groups is 1. The van der Waals surface area contributed by atoms with E-state index < -0.39 is 17.5 Å². The minimum atomic E-state index is -0.740. The van der Waals surface area contributed by atoms with Crippen LogP contribution in [0.4, 0.5) is 20.2 Å². The first-order valence-electron chi connectivity index (χ1n) is 5.74. The number of halogens is 3. The number of rotatable bonds is 3. The van der Waals surface area contributed by atoms with Crippen LogP contribution < -0.4 is 11.1 Å². The summed E-state index contributed by atoms with van der Waals surface area (Å²) in [5.74, 6) is -1.82. The van der Waals surface area contributed by atoms with E-state index in [1.165, 1.54) is 6.07 Å². The first-order chi connectivity index (χ1) is 9.45. The van der Waals surface area contributed by atoms with Crippen LogP contribution in [-0.4, -0.2) is 5.91 Å². The van der Waals surface area contributed by atoms with Crippen molar-refractivity contribution in [2.24, 2.45) is 0 Å². The van der Waals surface area contributed by atoms with Gasteiger partial charge in [-0.05, 0) is 45.8 Å². The number of hydrogen-bond donors (Lipinski definition) is 2. The lowest BCUT2D eigenvalue weighted by atomic mass is 10.1. The molecule has 0 unspecified atom stereocenters. The number of carbonyl (C=O) groups excluding carboxylic acids is 1.